The van der Waals surface area contributed by atoms with Crippen molar-refractivity contribution in [3.05, 3.63) is 53.6 Å². The molecule has 0 radical (unpaired) electrons. The molecule has 116 valence electrons. The molecule has 0 fully saturated rings. The second-order valence-corrected chi connectivity index (χ2v) is 5.15. The van der Waals surface area contributed by atoms with Crippen molar-refractivity contribution in [1.82, 2.24) is 9.97 Å². The monoisotopic (exact) mass is 300 g/mol. The van der Waals surface area contributed by atoms with E-state index in [-0.39, 0.29) is 12.5 Å². The first kappa shape index (κ1) is 15.9. The molecule has 1 aromatic heterocycles. The molecule has 5 nitrogen and oxygen atoms in total. The molecule has 0 saturated heterocycles. The van der Waals surface area contributed by atoms with Crippen LogP contribution in [0.4, 0.5) is 0 Å². The zero-order valence-corrected chi connectivity index (χ0v) is 13.1. The number of hydrogen-bond donors (Lipinski definition) is 0. The molecule has 0 aliphatic rings. The molecule has 0 aliphatic heterocycles. The minimum Gasteiger partial charge on any atom is -0.496 e. The number of methoxy groups -OCH3 is 1. The van der Waals surface area contributed by atoms with Crippen molar-refractivity contribution in [1.29, 1.82) is 0 Å². The average Bonchev–Trinajstić information content (AvgIpc) is 2.55. The third-order valence-electron chi connectivity index (χ3n) is 3.20. The maximum atomic E-state index is 12.0. The topological polar surface area (TPSA) is 61.3 Å². The maximum Gasteiger partial charge on any atom is 0.357 e. The lowest BCUT2D eigenvalue weighted by molar-refractivity contribution is 0.0501. The standard InChI is InChI=1S/C17H20N2O3/c1-12(2)16-18-10-8-14(19-16)17(20)22-11-9-13-6-4-5-7-15(13)21-3/h4-8,10,12H,9,11H2,1-3H3. The normalized spacial score (nSPS) is 10.5. The molecule has 1 aromatic carbocycles. The second-order valence-electron chi connectivity index (χ2n) is 5.15. The molecule has 0 N–H and O–H groups in total. The summed E-state index contributed by atoms with van der Waals surface area (Å²) in [5, 5.41) is 0. The molecule has 0 spiro atoms. The predicted molar refractivity (Wildman–Crippen MR) is 83.1 cm³/mol. The third kappa shape index (κ3) is 4.04. The number of para-hydroxylation sites is 1. The van der Waals surface area contributed by atoms with E-state index >= 15 is 0 Å². The fourth-order valence-electron chi connectivity index (χ4n) is 2.00. The molecule has 2 rings (SSSR count). The van der Waals surface area contributed by atoms with Crippen LogP contribution in [0.25, 0.3) is 0 Å². The SMILES string of the molecule is COc1ccccc1CCOC(=O)c1ccnc(C(C)C)n1. The number of esters is 1. The Labute approximate surface area is 130 Å². The summed E-state index contributed by atoms with van der Waals surface area (Å²) in [6, 6.07) is 9.24. The lowest BCUT2D eigenvalue weighted by atomic mass is 10.1. The maximum absolute atomic E-state index is 12.0. The first-order valence-corrected chi connectivity index (χ1v) is 7.23. The van der Waals surface area contributed by atoms with Gasteiger partial charge < -0.3 is 9.47 Å². The second kappa shape index (κ2) is 7.54. The van der Waals surface area contributed by atoms with Gasteiger partial charge in [-0.2, -0.15) is 0 Å². The van der Waals surface area contributed by atoms with Crippen molar-refractivity contribution in [3.8, 4) is 5.75 Å². The molecule has 0 saturated carbocycles. The first-order chi connectivity index (χ1) is 10.6. The highest BCUT2D eigenvalue weighted by Gasteiger charge is 2.12. The number of hydrogen-bond acceptors (Lipinski definition) is 5. The van der Waals surface area contributed by atoms with Crippen LogP contribution < -0.4 is 4.74 Å². The van der Waals surface area contributed by atoms with Gasteiger partial charge in [0.1, 0.15) is 11.6 Å². The van der Waals surface area contributed by atoms with Crippen molar-refractivity contribution >= 4 is 5.97 Å². The minimum absolute atomic E-state index is 0.168. The van der Waals surface area contributed by atoms with Crippen LogP contribution in [-0.2, 0) is 11.2 Å². The Balaban J connectivity index is 1.94. The Morgan fingerprint density at radius 3 is 2.73 bits per heavy atom. The lowest BCUT2D eigenvalue weighted by Gasteiger charge is -2.09. The van der Waals surface area contributed by atoms with Gasteiger partial charge in [-0.3, -0.25) is 0 Å². The van der Waals surface area contributed by atoms with Gasteiger partial charge in [0.2, 0.25) is 0 Å². The number of nitrogens with zero attached hydrogens (tertiary/aromatic N) is 2. The quantitative estimate of drug-likeness (QED) is 0.767. The van der Waals surface area contributed by atoms with E-state index in [0.717, 1.165) is 11.3 Å². The van der Waals surface area contributed by atoms with E-state index in [1.807, 2.05) is 38.1 Å². The number of benzene rings is 1. The summed E-state index contributed by atoms with van der Waals surface area (Å²) in [6.07, 6.45) is 2.18. The van der Waals surface area contributed by atoms with Crippen molar-refractivity contribution in [2.45, 2.75) is 26.2 Å². The van der Waals surface area contributed by atoms with E-state index in [1.54, 1.807) is 19.4 Å². The van der Waals surface area contributed by atoms with E-state index in [0.29, 0.717) is 17.9 Å². The van der Waals surface area contributed by atoms with Gasteiger partial charge in [0.05, 0.1) is 13.7 Å². The van der Waals surface area contributed by atoms with Crippen LogP contribution in [0.3, 0.4) is 0 Å². The lowest BCUT2D eigenvalue weighted by Crippen LogP contribution is -2.12. The molecule has 0 unspecified atom stereocenters. The molecule has 0 aliphatic carbocycles. The van der Waals surface area contributed by atoms with Crippen LogP contribution in [0.1, 0.15) is 41.6 Å². The van der Waals surface area contributed by atoms with Gasteiger partial charge in [0.15, 0.2) is 5.69 Å². The number of aromatic nitrogens is 2. The Hall–Kier alpha value is -2.43. The fraction of sp³-hybridized carbons (Fsp3) is 0.353. The molecular weight excluding hydrogens is 280 g/mol. The molecule has 1 heterocycles. The van der Waals surface area contributed by atoms with Crippen LogP contribution in [0.15, 0.2) is 36.5 Å². The van der Waals surface area contributed by atoms with Gasteiger partial charge in [-0.1, -0.05) is 32.0 Å². The highest BCUT2D eigenvalue weighted by atomic mass is 16.5. The Kier molecular flexibility index (Phi) is 5.47. The molecule has 2 aromatic rings. The summed E-state index contributed by atoms with van der Waals surface area (Å²) in [5.74, 6) is 1.17. The average molecular weight is 300 g/mol. The zero-order chi connectivity index (χ0) is 15.9. The van der Waals surface area contributed by atoms with Crippen molar-refractivity contribution < 1.29 is 14.3 Å². The zero-order valence-electron chi connectivity index (χ0n) is 13.1. The Morgan fingerprint density at radius 1 is 1.23 bits per heavy atom. The molecule has 22 heavy (non-hydrogen) atoms. The molecule has 0 amide bonds. The number of ether oxygens (including phenoxy) is 2. The molecular formula is C17H20N2O3. The summed E-state index contributed by atoms with van der Waals surface area (Å²) < 4.78 is 10.5. The predicted octanol–water partition coefficient (Wildman–Crippen LogP) is 3.01. The summed E-state index contributed by atoms with van der Waals surface area (Å²) >= 11 is 0. The Morgan fingerprint density at radius 2 is 2.00 bits per heavy atom. The van der Waals surface area contributed by atoms with Crippen LogP contribution in [-0.4, -0.2) is 29.7 Å². The van der Waals surface area contributed by atoms with E-state index in [9.17, 15) is 4.79 Å². The van der Waals surface area contributed by atoms with Gasteiger partial charge in [-0.25, -0.2) is 14.8 Å². The minimum atomic E-state index is -0.431. The van der Waals surface area contributed by atoms with Gasteiger partial charge >= 0.3 is 5.97 Å². The molecule has 0 atom stereocenters. The summed E-state index contributed by atoms with van der Waals surface area (Å²) in [4.78, 5) is 20.4. The van der Waals surface area contributed by atoms with Crippen LogP contribution in [0, 0.1) is 0 Å². The summed E-state index contributed by atoms with van der Waals surface area (Å²) in [5.41, 5.74) is 1.29. The van der Waals surface area contributed by atoms with Crippen LogP contribution >= 0.6 is 0 Å². The largest absolute Gasteiger partial charge is 0.496 e. The fourth-order valence-corrected chi connectivity index (χ4v) is 2.00. The number of rotatable bonds is 6. The highest BCUT2D eigenvalue weighted by Crippen LogP contribution is 2.17. The van der Waals surface area contributed by atoms with Gasteiger partial charge in [0, 0.05) is 18.5 Å². The van der Waals surface area contributed by atoms with Crippen molar-refractivity contribution in [2.24, 2.45) is 0 Å². The van der Waals surface area contributed by atoms with Crippen LogP contribution in [0.2, 0.25) is 0 Å². The Bertz CT molecular complexity index is 641. The van der Waals surface area contributed by atoms with E-state index in [2.05, 4.69) is 9.97 Å². The van der Waals surface area contributed by atoms with Gasteiger partial charge in [0.25, 0.3) is 0 Å². The molecule has 5 heteroatoms. The number of carbonyl (C=O) groups is 1. The smallest absolute Gasteiger partial charge is 0.357 e. The van der Waals surface area contributed by atoms with Gasteiger partial charge in [-0.15, -0.1) is 0 Å². The first-order valence-electron chi connectivity index (χ1n) is 7.23. The highest BCUT2D eigenvalue weighted by molar-refractivity contribution is 5.87. The van der Waals surface area contributed by atoms with Gasteiger partial charge in [-0.05, 0) is 17.7 Å². The summed E-state index contributed by atoms with van der Waals surface area (Å²) in [6.45, 7) is 4.23. The van der Waals surface area contributed by atoms with Crippen LogP contribution in [0.5, 0.6) is 5.75 Å². The van der Waals surface area contributed by atoms with E-state index < -0.39 is 5.97 Å². The molecule has 0 bridgehead atoms. The third-order valence-corrected chi connectivity index (χ3v) is 3.20. The van der Waals surface area contributed by atoms with E-state index in [1.165, 1.54) is 0 Å². The van der Waals surface area contributed by atoms with E-state index in [4.69, 9.17) is 9.47 Å². The van der Waals surface area contributed by atoms with Crippen molar-refractivity contribution in [2.75, 3.05) is 13.7 Å². The van der Waals surface area contributed by atoms with Crippen molar-refractivity contribution in [3.63, 3.8) is 0 Å². The number of carbonyl (C=O) groups excluding carboxylic acids is 1. The summed E-state index contributed by atoms with van der Waals surface area (Å²) in [7, 11) is 1.62.